The fourth-order valence-electron chi connectivity index (χ4n) is 2.70. The van der Waals surface area contributed by atoms with E-state index in [1.807, 2.05) is 23.3 Å². The number of amides is 2. The van der Waals surface area contributed by atoms with Crippen LogP contribution in [0.4, 0.5) is 0 Å². The van der Waals surface area contributed by atoms with Crippen molar-refractivity contribution < 1.29 is 9.59 Å². The summed E-state index contributed by atoms with van der Waals surface area (Å²) in [6.07, 6.45) is 1.34. The molecule has 1 N–H and O–H groups in total. The Balaban J connectivity index is 1.84. The normalized spacial score (nSPS) is 27.1. The van der Waals surface area contributed by atoms with Crippen molar-refractivity contribution in [2.45, 2.75) is 31.8 Å². The molecule has 0 spiro atoms. The number of likely N-dealkylation sites (tertiary alicyclic amines) is 1. The number of fused-ring (bicyclic) bond motifs is 1. The Kier molecular flexibility index (Phi) is 2.43. The van der Waals surface area contributed by atoms with Gasteiger partial charge in [0.1, 0.15) is 0 Å². The predicted octanol–water partition coefficient (Wildman–Crippen LogP) is 1.16. The van der Waals surface area contributed by atoms with Gasteiger partial charge in [-0.05, 0) is 30.4 Å². The van der Waals surface area contributed by atoms with Crippen molar-refractivity contribution in [1.29, 1.82) is 0 Å². The summed E-state index contributed by atoms with van der Waals surface area (Å²) in [6, 6.07) is 2.20. The van der Waals surface area contributed by atoms with E-state index < -0.39 is 0 Å². The van der Waals surface area contributed by atoms with Crippen LogP contribution in [0.2, 0.25) is 0 Å². The Morgan fingerprint density at radius 3 is 3.12 bits per heavy atom. The monoisotopic (exact) mass is 250 g/mol. The molecule has 1 aromatic heterocycles. The van der Waals surface area contributed by atoms with Crippen LogP contribution >= 0.6 is 11.3 Å². The third kappa shape index (κ3) is 1.65. The van der Waals surface area contributed by atoms with E-state index in [9.17, 15) is 9.59 Å². The number of nitrogens with one attached hydrogen (secondary N) is 1. The first-order valence-electron chi connectivity index (χ1n) is 5.81. The van der Waals surface area contributed by atoms with Gasteiger partial charge in [-0.1, -0.05) is 0 Å². The Hall–Kier alpha value is -1.36. The third-order valence-electron chi connectivity index (χ3n) is 3.60. The minimum Gasteiger partial charge on any atom is -0.351 e. The van der Waals surface area contributed by atoms with Gasteiger partial charge in [-0.2, -0.15) is 0 Å². The first kappa shape index (κ1) is 10.8. The molecule has 3 heterocycles. The van der Waals surface area contributed by atoms with Crippen molar-refractivity contribution in [3.63, 3.8) is 0 Å². The van der Waals surface area contributed by atoms with Crippen LogP contribution in [0, 0.1) is 6.92 Å². The van der Waals surface area contributed by atoms with E-state index in [1.165, 1.54) is 11.3 Å². The van der Waals surface area contributed by atoms with Crippen LogP contribution in [-0.4, -0.2) is 35.3 Å². The van der Waals surface area contributed by atoms with Gasteiger partial charge in [0, 0.05) is 13.0 Å². The summed E-state index contributed by atoms with van der Waals surface area (Å²) in [5.74, 6) is 0.155. The van der Waals surface area contributed by atoms with E-state index in [0.717, 1.165) is 23.4 Å². The Labute approximate surface area is 104 Å². The smallest absolute Gasteiger partial charge is 0.264 e. The molecule has 3 rings (SSSR count). The minimum absolute atomic E-state index is 0.0662. The van der Waals surface area contributed by atoms with E-state index in [4.69, 9.17) is 0 Å². The molecule has 1 aromatic rings. The Bertz CT molecular complexity index is 483. The molecule has 0 bridgehead atoms. The van der Waals surface area contributed by atoms with Crippen molar-refractivity contribution in [1.82, 2.24) is 10.2 Å². The van der Waals surface area contributed by atoms with Gasteiger partial charge in [-0.15, -0.1) is 11.3 Å². The molecule has 0 unspecified atom stereocenters. The first-order valence-corrected chi connectivity index (χ1v) is 6.69. The highest BCUT2D eigenvalue weighted by Crippen LogP contribution is 2.29. The largest absolute Gasteiger partial charge is 0.351 e. The second kappa shape index (κ2) is 3.84. The van der Waals surface area contributed by atoms with E-state index in [-0.39, 0.29) is 23.9 Å². The lowest BCUT2D eigenvalue weighted by atomic mass is 10.1. The zero-order valence-corrected chi connectivity index (χ0v) is 10.4. The standard InChI is InChI=1S/C12H14N2O2S/c1-7-3-5-17-11(7)12(16)14-4-2-8-9(14)6-10(15)13-8/h3,5,8-9H,2,4,6H2,1H3,(H,13,15)/t8-,9-/m1/s1. The number of nitrogens with zero attached hydrogens (tertiary/aromatic N) is 1. The maximum Gasteiger partial charge on any atom is 0.264 e. The summed E-state index contributed by atoms with van der Waals surface area (Å²) in [4.78, 5) is 26.4. The molecule has 2 atom stereocenters. The Morgan fingerprint density at radius 1 is 1.59 bits per heavy atom. The molecule has 4 nitrogen and oxygen atoms in total. The van der Waals surface area contributed by atoms with Crippen LogP contribution < -0.4 is 5.32 Å². The molecule has 2 fully saturated rings. The van der Waals surface area contributed by atoms with Gasteiger partial charge in [0.25, 0.3) is 5.91 Å². The van der Waals surface area contributed by atoms with Crippen molar-refractivity contribution in [2.75, 3.05) is 6.54 Å². The van der Waals surface area contributed by atoms with Gasteiger partial charge in [-0.25, -0.2) is 0 Å². The molecule has 0 saturated carbocycles. The number of thiophene rings is 1. The van der Waals surface area contributed by atoms with Crippen LogP contribution in [0.15, 0.2) is 11.4 Å². The summed E-state index contributed by atoms with van der Waals surface area (Å²) in [5, 5.41) is 4.87. The van der Waals surface area contributed by atoms with Crippen LogP contribution in [0.3, 0.4) is 0 Å². The van der Waals surface area contributed by atoms with Gasteiger partial charge in [0.05, 0.1) is 17.0 Å². The maximum absolute atomic E-state index is 12.4. The summed E-state index contributed by atoms with van der Waals surface area (Å²) in [7, 11) is 0. The van der Waals surface area contributed by atoms with Crippen molar-refractivity contribution >= 4 is 23.2 Å². The molecule has 2 aliphatic heterocycles. The average Bonchev–Trinajstić information content (AvgIpc) is 2.92. The average molecular weight is 250 g/mol. The van der Waals surface area contributed by atoms with Gasteiger partial charge in [-0.3, -0.25) is 9.59 Å². The summed E-state index contributed by atoms with van der Waals surface area (Å²) >= 11 is 1.48. The highest BCUT2D eigenvalue weighted by Gasteiger charge is 2.43. The third-order valence-corrected chi connectivity index (χ3v) is 4.61. The summed E-state index contributed by atoms with van der Waals surface area (Å²) < 4.78 is 0. The SMILES string of the molecule is Cc1ccsc1C(=O)N1CC[C@H]2NC(=O)C[C@H]21. The number of aryl methyl sites for hydroxylation is 1. The van der Waals surface area contributed by atoms with Crippen molar-refractivity contribution in [2.24, 2.45) is 0 Å². The molecule has 0 radical (unpaired) electrons. The lowest BCUT2D eigenvalue weighted by molar-refractivity contribution is -0.119. The summed E-state index contributed by atoms with van der Waals surface area (Å²) in [5.41, 5.74) is 1.03. The highest BCUT2D eigenvalue weighted by atomic mass is 32.1. The molecule has 90 valence electrons. The quantitative estimate of drug-likeness (QED) is 0.813. The van der Waals surface area contributed by atoms with Crippen molar-refractivity contribution in [3.8, 4) is 0 Å². The molecule has 5 heteroatoms. The van der Waals surface area contributed by atoms with Crippen molar-refractivity contribution in [3.05, 3.63) is 21.9 Å². The number of carbonyl (C=O) groups excluding carboxylic acids is 2. The molecular weight excluding hydrogens is 236 g/mol. The van der Waals surface area contributed by atoms with Crippen LogP contribution in [0.5, 0.6) is 0 Å². The van der Waals surface area contributed by atoms with E-state index in [0.29, 0.717) is 6.42 Å². The van der Waals surface area contributed by atoms with Gasteiger partial charge in [0.2, 0.25) is 5.91 Å². The van der Waals surface area contributed by atoms with Crippen LogP contribution in [0.25, 0.3) is 0 Å². The van der Waals surface area contributed by atoms with Gasteiger partial charge in [0.15, 0.2) is 0 Å². The minimum atomic E-state index is 0.0662. The molecule has 17 heavy (non-hydrogen) atoms. The second-order valence-corrected chi connectivity index (χ2v) is 5.58. The van der Waals surface area contributed by atoms with E-state index >= 15 is 0 Å². The highest BCUT2D eigenvalue weighted by molar-refractivity contribution is 7.12. The number of hydrogen-bond donors (Lipinski definition) is 1. The lowest BCUT2D eigenvalue weighted by Crippen LogP contribution is -2.38. The first-order chi connectivity index (χ1) is 8.16. The fraction of sp³-hybridized carbons (Fsp3) is 0.500. The lowest BCUT2D eigenvalue weighted by Gasteiger charge is -2.22. The molecular formula is C12H14N2O2S. The topological polar surface area (TPSA) is 49.4 Å². The van der Waals surface area contributed by atoms with Crippen LogP contribution in [-0.2, 0) is 4.79 Å². The Morgan fingerprint density at radius 2 is 2.41 bits per heavy atom. The second-order valence-electron chi connectivity index (χ2n) is 4.67. The number of rotatable bonds is 1. The number of hydrogen-bond acceptors (Lipinski definition) is 3. The molecule has 0 aromatic carbocycles. The van der Waals surface area contributed by atoms with Crippen LogP contribution in [0.1, 0.15) is 28.1 Å². The fourth-order valence-corrected chi connectivity index (χ4v) is 3.58. The van der Waals surface area contributed by atoms with E-state index in [1.54, 1.807) is 0 Å². The van der Waals surface area contributed by atoms with Gasteiger partial charge >= 0.3 is 0 Å². The number of carbonyl (C=O) groups is 2. The van der Waals surface area contributed by atoms with Gasteiger partial charge < -0.3 is 10.2 Å². The molecule has 2 saturated heterocycles. The molecule has 0 aliphatic carbocycles. The molecule has 2 amide bonds. The zero-order valence-electron chi connectivity index (χ0n) is 9.60. The maximum atomic E-state index is 12.4. The molecule has 2 aliphatic rings. The zero-order chi connectivity index (χ0) is 12.0. The summed E-state index contributed by atoms with van der Waals surface area (Å²) in [6.45, 7) is 2.71. The van der Waals surface area contributed by atoms with E-state index in [2.05, 4.69) is 5.32 Å². The predicted molar refractivity (Wildman–Crippen MR) is 65.0 cm³/mol.